The standard InChI is InChI=1S/C18H28N2O3/c1-6-14(7-2)19-18(22)16(12(3)4)20-17(21)13-8-10-15(23-5)11-9-13/h8-12,14,16H,6-7H2,1-5H3,(H,19,22)(H,20,21). The zero-order valence-corrected chi connectivity index (χ0v) is 14.7. The van der Waals surface area contributed by atoms with Crippen LogP contribution >= 0.6 is 0 Å². The molecule has 0 aliphatic carbocycles. The topological polar surface area (TPSA) is 67.4 Å². The van der Waals surface area contributed by atoms with E-state index < -0.39 is 6.04 Å². The van der Waals surface area contributed by atoms with Gasteiger partial charge in [0.25, 0.3) is 5.91 Å². The Kier molecular flexibility index (Phi) is 7.59. The Morgan fingerprint density at radius 1 is 1.04 bits per heavy atom. The van der Waals surface area contributed by atoms with Crippen LogP contribution in [-0.2, 0) is 4.79 Å². The molecule has 0 heterocycles. The van der Waals surface area contributed by atoms with E-state index in [4.69, 9.17) is 4.74 Å². The second-order valence-corrected chi connectivity index (χ2v) is 5.95. The molecule has 1 atom stereocenters. The summed E-state index contributed by atoms with van der Waals surface area (Å²) in [6.07, 6.45) is 1.75. The third-order valence-electron chi connectivity index (χ3n) is 3.92. The fourth-order valence-corrected chi connectivity index (χ4v) is 2.29. The Morgan fingerprint density at radius 2 is 1.61 bits per heavy atom. The number of carbonyl (C=O) groups excluding carboxylic acids is 2. The fraction of sp³-hybridized carbons (Fsp3) is 0.556. The first kappa shape index (κ1) is 19.0. The summed E-state index contributed by atoms with van der Waals surface area (Å²) in [5, 5.41) is 5.83. The van der Waals surface area contributed by atoms with Crippen LogP contribution in [0.15, 0.2) is 24.3 Å². The van der Waals surface area contributed by atoms with Crippen molar-refractivity contribution in [3.63, 3.8) is 0 Å². The number of hydrogen-bond acceptors (Lipinski definition) is 3. The van der Waals surface area contributed by atoms with Gasteiger partial charge < -0.3 is 15.4 Å². The summed E-state index contributed by atoms with van der Waals surface area (Å²) in [4.78, 5) is 24.8. The van der Waals surface area contributed by atoms with Crippen molar-refractivity contribution in [2.24, 2.45) is 5.92 Å². The Balaban J connectivity index is 2.77. The van der Waals surface area contributed by atoms with Crippen LogP contribution in [-0.4, -0.2) is 31.0 Å². The molecular formula is C18H28N2O3. The molecule has 0 spiro atoms. The first-order valence-corrected chi connectivity index (χ1v) is 8.18. The summed E-state index contributed by atoms with van der Waals surface area (Å²) < 4.78 is 5.08. The summed E-state index contributed by atoms with van der Waals surface area (Å²) in [5.74, 6) is 0.307. The van der Waals surface area contributed by atoms with Crippen LogP contribution in [0.5, 0.6) is 5.75 Å². The third-order valence-corrected chi connectivity index (χ3v) is 3.92. The highest BCUT2D eigenvalue weighted by Gasteiger charge is 2.25. The van der Waals surface area contributed by atoms with E-state index >= 15 is 0 Å². The molecule has 0 aliphatic rings. The molecule has 0 saturated heterocycles. The van der Waals surface area contributed by atoms with Crippen LogP contribution < -0.4 is 15.4 Å². The molecule has 0 radical (unpaired) electrons. The number of benzene rings is 1. The first-order valence-electron chi connectivity index (χ1n) is 8.18. The number of nitrogens with one attached hydrogen (secondary N) is 2. The van der Waals surface area contributed by atoms with Gasteiger partial charge in [0.15, 0.2) is 0 Å². The highest BCUT2D eigenvalue weighted by atomic mass is 16.5. The Labute approximate surface area is 138 Å². The van der Waals surface area contributed by atoms with E-state index in [0.717, 1.165) is 12.8 Å². The molecule has 2 amide bonds. The largest absolute Gasteiger partial charge is 0.497 e. The van der Waals surface area contributed by atoms with E-state index in [-0.39, 0.29) is 23.8 Å². The van der Waals surface area contributed by atoms with E-state index in [1.54, 1.807) is 31.4 Å². The van der Waals surface area contributed by atoms with Crippen molar-refractivity contribution in [2.45, 2.75) is 52.6 Å². The minimum absolute atomic E-state index is 0.00607. The minimum atomic E-state index is -0.551. The average molecular weight is 320 g/mol. The molecule has 1 unspecified atom stereocenters. The normalized spacial score (nSPS) is 12.1. The Bertz CT molecular complexity index is 508. The summed E-state index contributed by atoms with van der Waals surface area (Å²) in [6.45, 7) is 7.92. The molecular weight excluding hydrogens is 292 g/mol. The van der Waals surface area contributed by atoms with Gasteiger partial charge in [-0.2, -0.15) is 0 Å². The molecule has 0 bridgehead atoms. The van der Waals surface area contributed by atoms with Gasteiger partial charge in [0.1, 0.15) is 11.8 Å². The van der Waals surface area contributed by atoms with Crippen molar-refractivity contribution < 1.29 is 14.3 Å². The van der Waals surface area contributed by atoms with Gasteiger partial charge in [-0.1, -0.05) is 27.7 Å². The minimum Gasteiger partial charge on any atom is -0.497 e. The van der Waals surface area contributed by atoms with Gasteiger partial charge in [0.05, 0.1) is 7.11 Å². The molecule has 1 rings (SSSR count). The predicted molar refractivity (Wildman–Crippen MR) is 91.6 cm³/mol. The molecule has 5 heteroatoms. The van der Waals surface area contributed by atoms with Crippen LogP contribution in [0.2, 0.25) is 0 Å². The molecule has 5 nitrogen and oxygen atoms in total. The lowest BCUT2D eigenvalue weighted by atomic mass is 10.0. The number of hydrogen-bond donors (Lipinski definition) is 2. The van der Waals surface area contributed by atoms with E-state index in [0.29, 0.717) is 11.3 Å². The van der Waals surface area contributed by atoms with Crippen LogP contribution in [0.1, 0.15) is 50.9 Å². The van der Waals surface area contributed by atoms with Crippen LogP contribution in [0, 0.1) is 5.92 Å². The lowest BCUT2D eigenvalue weighted by molar-refractivity contribution is -0.124. The van der Waals surface area contributed by atoms with Crippen molar-refractivity contribution in [2.75, 3.05) is 7.11 Å². The molecule has 1 aromatic carbocycles. The second-order valence-electron chi connectivity index (χ2n) is 5.95. The van der Waals surface area contributed by atoms with Gasteiger partial charge in [0, 0.05) is 11.6 Å². The predicted octanol–water partition coefficient (Wildman–Crippen LogP) is 2.75. The Morgan fingerprint density at radius 3 is 2.04 bits per heavy atom. The maximum Gasteiger partial charge on any atom is 0.251 e. The molecule has 1 aromatic rings. The molecule has 2 N–H and O–H groups in total. The zero-order chi connectivity index (χ0) is 17.4. The molecule has 0 saturated carbocycles. The van der Waals surface area contributed by atoms with Gasteiger partial charge in [-0.25, -0.2) is 0 Å². The molecule has 0 aliphatic heterocycles. The monoisotopic (exact) mass is 320 g/mol. The maximum absolute atomic E-state index is 12.4. The van der Waals surface area contributed by atoms with Gasteiger partial charge in [-0.05, 0) is 43.0 Å². The van der Waals surface area contributed by atoms with Crippen LogP contribution in [0.4, 0.5) is 0 Å². The second kappa shape index (κ2) is 9.18. The van der Waals surface area contributed by atoms with E-state index in [9.17, 15) is 9.59 Å². The first-order chi connectivity index (χ1) is 10.9. The van der Waals surface area contributed by atoms with Crippen LogP contribution in [0.25, 0.3) is 0 Å². The van der Waals surface area contributed by atoms with E-state index in [1.807, 2.05) is 27.7 Å². The average Bonchev–Trinajstić information content (AvgIpc) is 2.56. The van der Waals surface area contributed by atoms with Crippen molar-refractivity contribution in [3.8, 4) is 5.75 Å². The summed E-state index contributed by atoms with van der Waals surface area (Å²) in [5.41, 5.74) is 0.506. The summed E-state index contributed by atoms with van der Waals surface area (Å²) >= 11 is 0. The molecule has 0 aromatic heterocycles. The SMILES string of the molecule is CCC(CC)NC(=O)C(NC(=O)c1ccc(OC)cc1)C(C)C. The lowest BCUT2D eigenvalue weighted by Gasteiger charge is -2.24. The summed E-state index contributed by atoms with van der Waals surface area (Å²) in [6, 6.07) is 6.41. The number of ether oxygens (including phenoxy) is 1. The summed E-state index contributed by atoms with van der Waals surface area (Å²) in [7, 11) is 1.58. The van der Waals surface area contributed by atoms with Crippen molar-refractivity contribution in [1.29, 1.82) is 0 Å². The van der Waals surface area contributed by atoms with Crippen molar-refractivity contribution in [1.82, 2.24) is 10.6 Å². The van der Waals surface area contributed by atoms with Crippen LogP contribution in [0.3, 0.4) is 0 Å². The number of methoxy groups -OCH3 is 1. The smallest absolute Gasteiger partial charge is 0.251 e. The Hall–Kier alpha value is -2.04. The molecule has 0 fully saturated rings. The number of amides is 2. The van der Waals surface area contributed by atoms with Gasteiger partial charge >= 0.3 is 0 Å². The number of carbonyl (C=O) groups is 2. The maximum atomic E-state index is 12.4. The highest BCUT2D eigenvalue weighted by Crippen LogP contribution is 2.12. The zero-order valence-electron chi connectivity index (χ0n) is 14.7. The van der Waals surface area contributed by atoms with Gasteiger partial charge in [0.2, 0.25) is 5.91 Å². The molecule has 23 heavy (non-hydrogen) atoms. The van der Waals surface area contributed by atoms with E-state index in [1.165, 1.54) is 0 Å². The molecule has 128 valence electrons. The lowest BCUT2D eigenvalue weighted by Crippen LogP contribution is -2.51. The van der Waals surface area contributed by atoms with Gasteiger partial charge in [-0.3, -0.25) is 9.59 Å². The number of rotatable bonds is 8. The van der Waals surface area contributed by atoms with E-state index in [2.05, 4.69) is 10.6 Å². The quantitative estimate of drug-likeness (QED) is 0.774. The third kappa shape index (κ3) is 5.58. The fourth-order valence-electron chi connectivity index (χ4n) is 2.29. The highest BCUT2D eigenvalue weighted by molar-refractivity contribution is 5.97. The van der Waals surface area contributed by atoms with Crippen molar-refractivity contribution in [3.05, 3.63) is 29.8 Å². The van der Waals surface area contributed by atoms with Crippen molar-refractivity contribution >= 4 is 11.8 Å². The van der Waals surface area contributed by atoms with Gasteiger partial charge in [-0.15, -0.1) is 0 Å².